The standard InChI is InChI=1S/C9H11NO3S/c1-7-4-3-5-9(14(2,12)13)8(7)6-10-11/h3-6,11H,1-2H3. The predicted molar refractivity (Wildman–Crippen MR) is 53.7 cm³/mol. The summed E-state index contributed by atoms with van der Waals surface area (Å²) in [4.78, 5) is 0.176. The summed E-state index contributed by atoms with van der Waals surface area (Å²) in [5.41, 5.74) is 1.18. The third-order valence-corrected chi connectivity index (χ3v) is 3.03. The van der Waals surface area contributed by atoms with Gasteiger partial charge in [-0.15, -0.1) is 0 Å². The summed E-state index contributed by atoms with van der Waals surface area (Å²) >= 11 is 0. The second-order valence-corrected chi connectivity index (χ2v) is 4.99. The molecule has 0 fully saturated rings. The van der Waals surface area contributed by atoms with Crippen LogP contribution in [0.1, 0.15) is 11.1 Å². The van der Waals surface area contributed by atoms with Crippen molar-refractivity contribution in [2.24, 2.45) is 5.16 Å². The minimum absolute atomic E-state index is 0.176. The molecular formula is C9H11NO3S. The van der Waals surface area contributed by atoms with Crippen molar-refractivity contribution < 1.29 is 13.6 Å². The molecule has 0 saturated heterocycles. The highest BCUT2D eigenvalue weighted by atomic mass is 32.2. The second-order valence-electron chi connectivity index (χ2n) is 3.00. The zero-order valence-electron chi connectivity index (χ0n) is 7.93. The van der Waals surface area contributed by atoms with Gasteiger partial charge in [-0.05, 0) is 18.6 Å². The highest BCUT2D eigenvalue weighted by Gasteiger charge is 2.13. The molecule has 1 N–H and O–H groups in total. The van der Waals surface area contributed by atoms with Gasteiger partial charge in [0.1, 0.15) is 0 Å². The molecule has 0 bridgehead atoms. The van der Waals surface area contributed by atoms with Crippen molar-refractivity contribution in [3.8, 4) is 0 Å². The Labute approximate surface area is 82.8 Å². The van der Waals surface area contributed by atoms with Crippen molar-refractivity contribution in [3.05, 3.63) is 29.3 Å². The van der Waals surface area contributed by atoms with Crippen LogP contribution in [0.4, 0.5) is 0 Å². The minimum Gasteiger partial charge on any atom is -0.411 e. The summed E-state index contributed by atoms with van der Waals surface area (Å²) in [6.07, 6.45) is 2.25. The fourth-order valence-corrected chi connectivity index (χ4v) is 2.14. The van der Waals surface area contributed by atoms with E-state index in [4.69, 9.17) is 5.21 Å². The summed E-state index contributed by atoms with van der Waals surface area (Å²) in [7, 11) is -3.28. The maximum Gasteiger partial charge on any atom is 0.176 e. The first-order valence-corrected chi connectivity index (χ1v) is 5.83. The molecular weight excluding hydrogens is 202 g/mol. The topological polar surface area (TPSA) is 66.7 Å². The van der Waals surface area contributed by atoms with Crippen molar-refractivity contribution in [1.29, 1.82) is 0 Å². The van der Waals surface area contributed by atoms with Crippen molar-refractivity contribution in [1.82, 2.24) is 0 Å². The Morgan fingerprint density at radius 3 is 2.57 bits per heavy atom. The van der Waals surface area contributed by atoms with Crippen molar-refractivity contribution >= 4 is 16.1 Å². The first-order chi connectivity index (χ1) is 6.46. The van der Waals surface area contributed by atoms with E-state index in [1.807, 2.05) is 0 Å². The summed E-state index contributed by atoms with van der Waals surface area (Å²) in [6, 6.07) is 4.89. The molecule has 4 nitrogen and oxygen atoms in total. The minimum atomic E-state index is -3.28. The van der Waals surface area contributed by atoms with Crippen LogP contribution < -0.4 is 0 Å². The Balaban J connectivity index is 3.52. The third-order valence-electron chi connectivity index (χ3n) is 1.87. The highest BCUT2D eigenvalue weighted by Crippen LogP contribution is 2.17. The van der Waals surface area contributed by atoms with E-state index in [0.29, 0.717) is 5.56 Å². The number of sulfone groups is 1. The van der Waals surface area contributed by atoms with Crippen LogP contribution in [-0.4, -0.2) is 26.1 Å². The summed E-state index contributed by atoms with van der Waals surface area (Å²) in [5, 5.41) is 11.3. The molecule has 5 heteroatoms. The number of nitrogens with zero attached hydrogens (tertiary/aromatic N) is 1. The van der Waals surface area contributed by atoms with Gasteiger partial charge in [-0.25, -0.2) is 8.42 Å². The van der Waals surface area contributed by atoms with E-state index in [9.17, 15) is 8.42 Å². The number of rotatable bonds is 2. The Kier molecular flexibility index (Phi) is 2.90. The van der Waals surface area contributed by atoms with Crippen LogP contribution in [0.2, 0.25) is 0 Å². The molecule has 1 aromatic carbocycles. The first kappa shape index (κ1) is 10.7. The number of benzene rings is 1. The fraction of sp³-hybridized carbons (Fsp3) is 0.222. The highest BCUT2D eigenvalue weighted by molar-refractivity contribution is 7.90. The normalized spacial score (nSPS) is 12.1. The molecule has 0 aliphatic carbocycles. The summed E-state index contributed by atoms with van der Waals surface area (Å²) in [6.45, 7) is 1.76. The molecule has 0 saturated carbocycles. The molecule has 0 amide bonds. The molecule has 0 spiro atoms. The molecule has 1 rings (SSSR count). The molecule has 0 atom stereocenters. The lowest BCUT2D eigenvalue weighted by Crippen LogP contribution is -2.03. The lowest BCUT2D eigenvalue weighted by atomic mass is 10.1. The van der Waals surface area contributed by atoms with E-state index in [-0.39, 0.29) is 4.90 Å². The van der Waals surface area contributed by atoms with E-state index in [0.717, 1.165) is 18.0 Å². The van der Waals surface area contributed by atoms with E-state index in [1.165, 1.54) is 6.07 Å². The molecule has 76 valence electrons. The smallest absolute Gasteiger partial charge is 0.176 e. The average Bonchev–Trinajstić information content (AvgIpc) is 2.07. The van der Waals surface area contributed by atoms with Crippen molar-refractivity contribution in [2.45, 2.75) is 11.8 Å². The number of hydrogen-bond donors (Lipinski definition) is 1. The van der Waals surface area contributed by atoms with Crippen LogP contribution in [0.25, 0.3) is 0 Å². The van der Waals surface area contributed by atoms with Crippen LogP contribution in [0.3, 0.4) is 0 Å². The zero-order valence-corrected chi connectivity index (χ0v) is 8.75. The molecule has 0 aliphatic heterocycles. The van der Waals surface area contributed by atoms with Gasteiger partial charge in [0.2, 0.25) is 0 Å². The van der Waals surface area contributed by atoms with Gasteiger partial charge >= 0.3 is 0 Å². The predicted octanol–water partition coefficient (Wildman–Crippen LogP) is 1.21. The second kappa shape index (κ2) is 3.79. The van der Waals surface area contributed by atoms with Crippen molar-refractivity contribution in [2.75, 3.05) is 6.26 Å². The quantitative estimate of drug-likeness (QED) is 0.456. The first-order valence-electron chi connectivity index (χ1n) is 3.94. The van der Waals surface area contributed by atoms with E-state index in [2.05, 4.69) is 5.16 Å². The lowest BCUT2D eigenvalue weighted by molar-refractivity contribution is 0.321. The van der Waals surface area contributed by atoms with Gasteiger partial charge in [0.25, 0.3) is 0 Å². The number of aryl methyl sites for hydroxylation is 1. The molecule has 14 heavy (non-hydrogen) atoms. The van der Waals surface area contributed by atoms with Gasteiger partial charge in [0.05, 0.1) is 11.1 Å². The molecule has 0 heterocycles. The lowest BCUT2D eigenvalue weighted by Gasteiger charge is -2.05. The molecule has 0 radical (unpaired) electrons. The Hall–Kier alpha value is -1.36. The molecule has 0 aromatic heterocycles. The van der Waals surface area contributed by atoms with Gasteiger partial charge in [0, 0.05) is 11.8 Å². The van der Waals surface area contributed by atoms with Crippen LogP contribution in [0.15, 0.2) is 28.3 Å². The summed E-state index contributed by atoms with van der Waals surface area (Å²) < 4.78 is 22.7. The monoisotopic (exact) mass is 213 g/mol. The number of hydrogen-bond acceptors (Lipinski definition) is 4. The molecule has 0 aliphatic rings. The molecule has 1 aromatic rings. The zero-order chi connectivity index (χ0) is 10.8. The van der Waals surface area contributed by atoms with Gasteiger partial charge in [0.15, 0.2) is 9.84 Å². The van der Waals surface area contributed by atoms with Crippen LogP contribution >= 0.6 is 0 Å². The van der Waals surface area contributed by atoms with E-state index >= 15 is 0 Å². The van der Waals surface area contributed by atoms with E-state index < -0.39 is 9.84 Å². The third kappa shape index (κ3) is 2.11. The maximum atomic E-state index is 11.3. The van der Waals surface area contributed by atoms with Crippen molar-refractivity contribution in [3.63, 3.8) is 0 Å². The van der Waals surface area contributed by atoms with Gasteiger partial charge < -0.3 is 5.21 Å². The van der Waals surface area contributed by atoms with Gasteiger partial charge in [-0.3, -0.25) is 0 Å². The van der Waals surface area contributed by atoms with E-state index in [1.54, 1.807) is 19.1 Å². The SMILES string of the molecule is Cc1cccc(S(C)(=O)=O)c1C=NO. The summed E-state index contributed by atoms with van der Waals surface area (Å²) in [5.74, 6) is 0. The number of oxime groups is 1. The van der Waals surface area contributed by atoms with Gasteiger partial charge in [-0.1, -0.05) is 17.3 Å². The van der Waals surface area contributed by atoms with Crippen LogP contribution in [-0.2, 0) is 9.84 Å². The van der Waals surface area contributed by atoms with Crippen LogP contribution in [0.5, 0.6) is 0 Å². The largest absolute Gasteiger partial charge is 0.411 e. The average molecular weight is 213 g/mol. The van der Waals surface area contributed by atoms with Crippen LogP contribution in [0, 0.1) is 6.92 Å². The fourth-order valence-electron chi connectivity index (χ4n) is 1.20. The molecule has 0 unspecified atom stereocenters. The Morgan fingerprint density at radius 2 is 2.07 bits per heavy atom. The Bertz CT molecular complexity index is 463. The maximum absolute atomic E-state index is 11.3. The van der Waals surface area contributed by atoms with Gasteiger partial charge in [-0.2, -0.15) is 0 Å². The Morgan fingerprint density at radius 1 is 1.43 bits per heavy atom.